The first-order chi connectivity index (χ1) is 8.20. The molecule has 1 heterocycles. The Bertz CT molecular complexity index is 491. The van der Waals surface area contributed by atoms with E-state index in [0.29, 0.717) is 6.42 Å². The van der Waals surface area contributed by atoms with Crippen molar-refractivity contribution >= 4 is 27.5 Å². The van der Waals surface area contributed by atoms with E-state index < -0.39 is 0 Å². The maximum atomic E-state index is 12.9. The van der Waals surface area contributed by atoms with E-state index in [9.17, 15) is 4.39 Å². The number of benzene rings is 1. The van der Waals surface area contributed by atoms with Crippen molar-refractivity contribution in [3.05, 3.63) is 45.1 Å². The van der Waals surface area contributed by atoms with Gasteiger partial charge in [-0.2, -0.15) is 0 Å². The van der Waals surface area contributed by atoms with Gasteiger partial charge in [0.15, 0.2) is 0 Å². The molecule has 0 aliphatic heterocycles. The largest absolute Gasteiger partial charge is 0.271 e. The van der Waals surface area contributed by atoms with Crippen LogP contribution in [0.3, 0.4) is 0 Å². The van der Waals surface area contributed by atoms with Crippen molar-refractivity contribution in [2.45, 2.75) is 12.5 Å². The van der Waals surface area contributed by atoms with E-state index in [1.165, 1.54) is 23.7 Å². The first kappa shape index (κ1) is 12.6. The van der Waals surface area contributed by atoms with Crippen LogP contribution in [0.4, 0.5) is 4.39 Å². The van der Waals surface area contributed by atoms with Gasteiger partial charge in [-0.05, 0) is 35.6 Å². The fraction of sp³-hybridized carbons (Fsp3) is 0.200. The zero-order chi connectivity index (χ0) is 12.3. The Balaban J connectivity index is 2.19. The van der Waals surface area contributed by atoms with Crippen LogP contribution in [0, 0.1) is 5.82 Å². The van der Waals surface area contributed by atoms with E-state index in [2.05, 4.69) is 30.9 Å². The third-order valence-electron chi connectivity index (χ3n) is 2.37. The maximum absolute atomic E-state index is 12.9. The summed E-state index contributed by atoms with van der Waals surface area (Å²) in [7, 11) is 0. The number of nitrogens with two attached hydrogens (primary N) is 1. The standard InChI is InChI=1S/C10H10BrFN4S/c11-8-4-7(12)2-1-6(8)3-9(14-13)10-5-17-16-15-10/h1-2,4-5,9,14H,3,13H2. The molecule has 7 heteroatoms. The fourth-order valence-corrected chi connectivity index (χ4v) is 2.50. The molecule has 17 heavy (non-hydrogen) atoms. The number of aromatic nitrogens is 2. The number of hydrazine groups is 1. The van der Waals surface area contributed by atoms with E-state index in [-0.39, 0.29) is 11.9 Å². The summed E-state index contributed by atoms with van der Waals surface area (Å²) >= 11 is 4.60. The molecule has 0 saturated carbocycles. The molecule has 0 aliphatic rings. The zero-order valence-corrected chi connectivity index (χ0v) is 11.1. The normalized spacial score (nSPS) is 12.6. The molecule has 1 aromatic carbocycles. The van der Waals surface area contributed by atoms with Gasteiger partial charge in [-0.1, -0.05) is 26.5 Å². The average Bonchev–Trinajstić information content (AvgIpc) is 2.81. The number of nitrogens with one attached hydrogen (secondary N) is 1. The Labute approximate surface area is 110 Å². The minimum Gasteiger partial charge on any atom is -0.271 e. The summed E-state index contributed by atoms with van der Waals surface area (Å²) < 4.78 is 17.5. The van der Waals surface area contributed by atoms with E-state index in [4.69, 9.17) is 5.84 Å². The third kappa shape index (κ3) is 3.06. The van der Waals surface area contributed by atoms with Gasteiger partial charge in [0.2, 0.25) is 0 Å². The molecule has 0 aliphatic carbocycles. The number of rotatable bonds is 4. The molecule has 2 rings (SSSR count). The van der Waals surface area contributed by atoms with Gasteiger partial charge in [0.1, 0.15) is 5.82 Å². The van der Waals surface area contributed by atoms with Crippen LogP contribution in [-0.4, -0.2) is 9.59 Å². The van der Waals surface area contributed by atoms with E-state index in [1.54, 1.807) is 6.07 Å². The van der Waals surface area contributed by atoms with Crippen LogP contribution in [0.15, 0.2) is 28.1 Å². The van der Waals surface area contributed by atoms with Gasteiger partial charge in [0.25, 0.3) is 0 Å². The van der Waals surface area contributed by atoms with Crippen LogP contribution in [-0.2, 0) is 6.42 Å². The second-order valence-corrected chi connectivity index (χ2v) is 4.95. The quantitative estimate of drug-likeness (QED) is 0.670. The van der Waals surface area contributed by atoms with Crippen LogP contribution < -0.4 is 11.3 Å². The summed E-state index contributed by atoms with van der Waals surface area (Å²) in [6, 6.07) is 4.45. The minimum atomic E-state index is -0.270. The Morgan fingerprint density at radius 3 is 2.94 bits per heavy atom. The van der Waals surface area contributed by atoms with E-state index in [1.807, 2.05) is 5.38 Å². The van der Waals surface area contributed by atoms with Crippen molar-refractivity contribution in [3.8, 4) is 0 Å². The molecule has 3 N–H and O–H groups in total. The summed E-state index contributed by atoms with van der Waals surface area (Å²) in [4.78, 5) is 0. The summed E-state index contributed by atoms with van der Waals surface area (Å²) in [6.07, 6.45) is 0.614. The zero-order valence-electron chi connectivity index (χ0n) is 8.73. The van der Waals surface area contributed by atoms with Crippen LogP contribution in [0.5, 0.6) is 0 Å². The molecule has 1 aromatic heterocycles. The lowest BCUT2D eigenvalue weighted by atomic mass is 10.0. The summed E-state index contributed by atoms with van der Waals surface area (Å²) in [6.45, 7) is 0. The second-order valence-electron chi connectivity index (χ2n) is 3.49. The lowest BCUT2D eigenvalue weighted by Gasteiger charge is -2.14. The van der Waals surface area contributed by atoms with Crippen LogP contribution in [0.1, 0.15) is 17.3 Å². The predicted molar refractivity (Wildman–Crippen MR) is 67.8 cm³/mol. The molecule has 4 nitrogen and oxygen atoms in total. The van der Waals surface area contributed by atoms with E-state index >= 15 is 0 Å². The van der Waals surface area contributed by atoms with Gasteiger partial charge < -0.3 is 0 Å². The number of hydrogen-bond acceptors (Lipinski definition) is 5. The van der Waals surface area contributed by atoms with Gasteiger partial charge in [-0.3, -0.25) is 11.3 Å². The summed E-state index contributed by atoms with van der Waals surface area (Å²) in [5.74, 6) is 5.22. The van der Waals surface area contributed by atoms with Gasteiger partial charge in [0, 0.05) is 9.85 Å². The van der Waals surface area contributed by atoms with Gasteiger partial charge in [-0.15, -0.1) is 5.10 Å². The highest BCUT2D eigenvalue weighted by Crippen LogP contribution is 2.23. The molecule has 0 fully saturated rings. The number of hydrogen-bond donors (Lipinski definition) is 2. The third-order valence-corrected chi connectivity index (χ3v) is 3.64. The molecule has 0 radical (unpaired) electrons. The lowest BCUT2D eigenvalue weighted by molar-refractivity contribution is 0.535. The molecule has 0 spiro atoms. The van der Waals surface area contributed by atoms with Crippen LogP contribution in [0.2, 0.25) is 0 Å². The fourth-order valence-electron chi connectivity index (χ4n) is 1.48. The monoisotopic (exact) mass is 316 g/mol. The second kappa shape index (κ2) is 5.63. The Morgan fingerprint density at radius 1 is 1.53 bits per heavy atom. The van der Waals surface area contributed by atoms with Gasteiger partial charge in [0.05, 0.1) is 11.7 Å². The van der Waals surface area contributed by atoms with Crippen molar-refractivity contribution in [2.24, 2.45) is 5.84 Å². The molecule has 2 aromatic rings. The van der Waals surface area contributed by atoms with Crippen molar-refractivity contribution in [2.75, 3.05) is 0 Å². The van der Waals surface area contributed by atoms with Crippen molar-refractivity contribution in [1.29, 1.82) is 0 Å². The maximum Gasteiger partial charge on any atom is 0.124 e. The molecule has 0 amide bonds. The average molecular weight is 317 g/mol. The Morgan fingerprint density at radius 2 is 2.35 bits per heavy atom. The topological polar surface area (TPSA) is 63.8 Å². The molecule has 0 bridgehead atoms. The first-order valence-corrected chi connectivity index (χ1v) is 6.50. The van der Waals surface area contributed by atoms with Crippen molar-refractivity contribution in [1.82, 2.24) is 15.0 Å². The highest BCUT2D eigenvalue weighted by atomic mass is 79.9. The summed E-state index contributed by atoms with van der Waals surface area (Å²) in [5, 5.41) is 5.80. The SMILES string of the molecule is NNC(Cc1ccc(F)cc1Br)c1csnn1. The number of nitrogens with zero attached hydrogens (tertiary/aromatic N) is 2. The van der Waals surface area contributed by atoms with Crippen LogP contribution in [0.25, 0.3) is 0 Å². The van der Waals surface area contributed by atoms with Crippen LogP contribution >= 0.6 is 27.5 Å². The molecule has 1 unspecified atom stereocenters. The highest BCUT2D eigenvalue weighted by molar-refractivity contribution is 9.10. The number of halogens is 2. The molecular formula is C10H10BrFN4S. The van der Waals surface area contributed by atoms with Gasteiger partial charge in [-0.25, -0.2) is 4.39 Å². The Kier molecular flexibility index (Phi) is 4.16. The van der Waals surface area contributed by atoms with Gasteiger partial charge >= 0.3 is 0 Å². The predicted octanol–water partition coefficient (Wildman–Crippen LogP) is 2.19. The lowest BCUT2D eigenvalue weighted by Crippen LogP contribution is -2.30. The Hall–Kier alpha value is -0.890. The molecule has 0 saturated heterocycles. The van der Waals surface area contributed by atoms with E-state index in [0.717, 1.165) is 15.7 Å². The molecule has 90 valence electrons. The first-order valence-electron chi connectivity index (χ1n) is 4.87. The molecular weight excluding hydrogens is 307 g/mol. The highest BCUT2D eigenvalue weighted by Gasteiger charge is 2.15. The smallest absolute Gasteiger partial charge is 0.124 e. The minimum absolute atomic E-state index is 0.129. The molecule has 1 atom stereocenters. The van der Waals surface area contributed by atoms with Crippen molar-refractivity contribution in [3.63, 3.8) is 0 Å². The summed E-state index contributed by atoms with van der Waals surface area (Å²) in [5.41, 5.74) is 4.43. The van der Waals surface area contributed by atoms with Crippen molar-refractivity contribution < 1.29 is 4.39 Å².